The Hall–Kier alpha value is -2.47. The zero-order valence-corrected chi connectivity index (χ0v) is 16.1. The Morgan fingerprint density at radius 1 is 1.19 bits per heavy atom. The van der Waals surface area contributed by atoms with Gasteiger partial charge in [-0.3, -0.25) is 19.3 Å². The molecule has 1 aromatic heterocycles. The van der Waals surface area contributed by atoms with Gasteiger partial charge in [0.2, 0.25) is 0 Å². The molecule has 0 saturated carbocycles. The zero-order chi connectivity index (χ0) is 19.0. The Bertz CT molecular complexity index is 891. The molecule has 2 aromatic rings. The van der Waals surface area contributed by atoms with Crippen molar-refractivity contribution in [3.63, 3.8) is 0 Å². The van der Waals surface area contributed by atoms with Crippen LogP contribution in [0.1, 0.15) is 75.3 Å². The number of nitrogens with zero attached hydrogens (tertiary/aromatic N) is 2. The van der Waals surface area contributed by atoms with E-state index in [1.807, 2.05) is 17.2 Å². The van der Waals surface area contributed by atoms with E-state index in [9.17, 15) is 14.4 Å². The summed E-state index contributed by atoms with van der Waals surface area (Å²) in [6, 6.07) is 7.07. The summed E-state index contributed by atoms with van der Waals surface area (Å²) in [5, 5.41) is 4.12. The highest BCUT2D eigenvalue weighted by Gasteiger charge is 2.37. The van der Waals surface area contributed by atoms with E-state index in [0.29, 0.717) is 29.8 Å². The van der Waals surface area contributed by atoms with Crippen LogP contribution in [-0.2, 0) is 0 Å². The Morgan fingerprint density at radius 2 is 2.00 bits per heavy atom. The van der Waals surface area contributed by atoms with Crippen molar-refractivity contribution in [1.82, 2.24) is 9.80 Å². The maximum absolute atomic E-state index is 13.1. The lowest BCUT2D eigenvalue weighted by atomic mass is 10.0. The number of likely N-dealkylation sites (tertiary alicyclic amines) is 1. The molecule has 1 fully saturated rings. The second-order valence-electron chi connectivity index (χ2n) is 7.09. The molecular weight excluding hydrogens is 360 g/mol. The van der Waals surface area contributed by atoms with Crippen LogP contribution in [0.4, 0.5) is 0 Å². The largest absolute Gasteiger partial charge is 0.332 e. The van der Waals surface area contributed by atoms with Gasteiger partial charge in [-0.05, 0) is 59.9 Å². The Kier molecular flexibility index (Phi) is 4.83. The molecule has 0 N–H and O–H groups in total. The maximum Gasteiger partial charge on any atom is 0.261 e. The number of thiophene rings is 1. The predicted molar refractivity (Wildman–Crippen MR) is 104 cm³/mol. The molecular formula is C21H22N2O3S. The van der Waals surface area contributed by atoms with Crippen LogP contribution >= 0.6 is 11.3 Å². The van der Waals surface area contributed by atoms with Gasteiger partial charge in [-0.15, -0.1) is 0 Å². The second kappa shape index (κ2) is 7.27. The van der Waals surface area contributed by atoms with E-state index in [1.165, 1.54) is 10.5 Å². The lowest BCUT2D eigenvalue weighted by molar-refractivity contribution is 0.0651. The average molecular weight is 382 g/mol. The monoisotopic (exact) mass is 382 g/mol. The summed E-state index contributed by atoms with van der Waals surface area (Å²) in [4.78, 5) is 41.4. The van der Waals surface area contributed by atoms with Crippen molar-refractivity contribution in [1.29, 1.82) is 0 Å². The minimum absolute atomic E-state index is 0.0706. The SMILES string of the molecule is CCCCN1C(=O)c2ccc(C(=O)N3CCCC3c3ccsc3)cc2C1=O. The van der Waals surface area contributed by atoms with Crippen molar-refractivity contribution in [2.75, 3.05) is 13.1 Å². The van der Waals surface area contributed by atoms with Gasteiger partial charge in [0.05, 0.1) is 17.2 Å². The molecule has 27 heavy (non-hydrogen) atoms. The van der Waals surface area contributed by atoms with E-state index in [2.05, 4.69) is 11.4 Å². The van der Waals surface area contributed by atoms with Gasteiger partial charge >= 0.3 is 0 Å². The van der Waals surface area contributed by atoms with Crippen LogP contribution in [0.2, 0.25) is 0 Å². The van der Waals surface area contributed by atoms with Crippen molar-refractivity contribution in [3.8, 4) is 0 Å². The van der Waals surface area contributed by atoms with Crippen molar-refractivity contribution in [2.45, 2.75) is 38.6 Å². The molecule has 0 radical (unpaired) electrons. The zero-order valence-electron chi connectivity index (χ0n) is 15.3. The average Bonchev–Trinajstić information content (AvgIpc) is 3.41. The molecule has 2 aliphatic heterocycles. The molecule has 1 atom stereocenters. The number of fused-ring (bicyclic) bond motifs is 1. The third-order valence-corrected chi connectivity index (χ3v) is 6.10. The topological polar surface area (TPSA) is 57.7 Å². The fourth-order valence-electron chi connectivity index (χ4n) is 3.93. The van der Waals surface area contributed by atoms with Crippen LogP contribution in [0.5, 0.6) is 0 Å². The molecule has 4 rings (SSSR count). The normalized spacial score (nSPS) is 19.1. The highest BCUT2D eigenvalue weighted by molar-refractivity contribution is 7.08. The molecule has 1 saturated heterocycles. The molecule has 6 heteroatoms. The van der Waals surface area contributed by atoms with Gasteiger partial charge in [0.15, 0.2) is 0 Å². The summed E-state index contributed by atoms with van der Waals surface area (Å²) in [6.45, 7) is 3.17. The van der Waals surface area contributed by atoms with Crippen LogP contribution in [0.25, 0.3) is 0 Å². The first-order valence-electron chi connectivity index (χ1n) is 9.45. The fourth-order valence-corrected chi connectivity index (χ4v) is 4.64. The van der Waals surface area contributed by atoms with Crippen molar-refractivity contribution in [3.05, 3.63) is 57.3 Å². The number of carbonyl (C=O) groups is 3. The first kappa shape index (κ1) is 17.9. The third-order valence-electron chi connectivity index (χ3n) is 5.39. The number of amides is 3. The highest BCUT2D eigenvalue weighted by atomic mass is 32.1. The number of rotatable bonds is 5. The lowest BCUT2D eigenvalue weighted by Crippen LogP contribution is -2.31. The number of unbranched alkanes of at least 4 members (excludes halogenated alkanes) is 1. The summed E-state index contributed by atoms with van der Waals surface area (Å²) in [5.74, 6) is -0.604. The molecule has 1 aromatic carbocycles. The molecule has 2 aliphatic rings. The van der Waals surface area contributed by atoms with E-state index in [0.717, 1.165) is 25.7 Å². The van der Waals surface area contributed by atoms with E-state index in [-0.39, 0.29) is 23.8 Å². The molecule has 3 amide bonds. The molecule has 0 bridgehead atoms. The van der Waals surface area contributed by atoms with E-state index in [4.69, 9.17) is 0 Å². The first-order valence-corrected chi connectivity index (χ1v) is 10.4. The lowest BCUT2D eigenvalue weighted by Gasteiger charge is -2.24. The highest BCUT2D eigenvalue weighted by Crippen LogP contribution is 2.34. The smallest absolute Gasteiger partial charge is 0.261 e. The van der Waals surface area contributed by atoms with Gasteiger partial charge in [0.25, 0.3) is 17.7 Å². The standard InChI is InChI=1S/C21H22N2O3S/c1-2-3-9-23-20(25)16-7-6-14(12-17(16)21(23)26)19(24)22-10-4-5-18(22)15-8-11-27-13-15/h6-8,11-13,18H,2-5,9-10H2,1H3. The number of hydrogen-bond acceptors (Lipinski definition) is 4. The summed E-state index contributed by atoms with van der Waals surface area (Å²) in [6.07, 6.45) is 3.62. The van der Waals surface area contributed by atoms with Gasteiger partial charge in [-0.1, -0.05) is 13.3 Å². The molecule has 0 spiro atoms. The van der Waals surface area contributed by atoms with Gasteiger partial charge in [-0.2, -0.15) is 11.3 Å². The van der Waals surface area contributed by atoms with E-state index in [1.54, 1.807) is 29.5 Å². The number of imide groups is 1. The summed E-state index contributed by atoms with van der Waals surface area (Å²) >= 11 is 1.63. The summed E-state index contributed by atoms with van der Waals surface area (Å²) in [5.41, 5.74) is 2.41. The van der Waals surface area contributed by atoms with Crippen LogP contribution in [-0.4, -0.2) is 40.6 Å². The number of carbonyl (C=O) groups excluding carboxylic acids is 3. The van der Waals surface area contributed by atoms with E-state index < -0.39 is 0 Å². The first-order chi connectivity index (χ1) is 13.1. The number of benzene rings is 1. The number of hydrogen-bond donors (Lipinski definition) is 0. The molecule has 3 heterocycles. The minimum atomic E-state index is -0.283. The van der Waals surface area contributed by atoms with Crippen LogP contribution in [0.15, 0.2) is 35.0 Å². The van der Waals surface area contributed by atoms with Gasteiger partial charge in [0, 0.05) is 18.7 Å². The van der Waals surface area contributed by atoms with Crippen molar-refractivity contribution >= 4 is 29.1 Å². The predicted octanol–water partition coefficient (Wildman–Crippen LogP) is 4.12. The van der Waals surface area contributed by atoms with E-state index >= 15 is 0 Å². The Labute approximate surface area is 162 Å². The molecule has 5 nitrogen and oxygen atoms in total. The maximum atomic E-state index is 13.1. The van der Waals surface area contributed by atoms with Gasteiger partial charge < -0.3 is 4.90 Å². The minimum Gasteiger partial charge on any atom is -0.332 e. The van der Waals surface area contributed by atoms with Crippen LogP contribution < -0.4 is 0 Å². The summed E-state index contributed by atoms with van der Waals surface area (Å²) in [7, 11) is 0. The Balaban J connectivity index is 1.60. The van der Waals surface area contributed by atoms with Crippen molar-refractivity contribution in [2.24, 2.45) is 0 Å². The van der Waals surface area contributed by atoms with Crippen LogP contribution in [0.3, 0.4) is 0 Å². The molecule has 0 aliphatic carbocycles. The fraction of sp³-hybridized carbons (Fsp3) is 0.381. The van der Waals surface area contributed by atoms with Crippen LogP contribution in [0, 0.1) is 0 Å². The second-order valence-corrected chi connectivity index (χ2v) is 7.87. The molecule has 140 valence electrons. The molecule has 1 unspecified atom stereocenters. The Morgan fingerprint density at radius 3 is 2.74 bits per heavy atom. The quantitative estimate of drug-likeness (QED) is 0.731. The van der Waals surface area contributed by atoms with Crippen molar-refractivity contribution < 1.29 is 14.4 Å². The van der Waals surface area contributed by atoms with Gasteiger partial charge in [-0.25, -0.2) is 0 Å². The third kappa shape index (κ3) is 3.08. The van der Waals surface area contributed by atoms with Gasteiger partial charge in [0.1, 0.15) is 0 Å². The summed E-state index contributed by atoms with van der Waals surface area (Å²) < 4.78 is 0.